The van der Waals surface area contributed by atoms with Crippen LogP contribution in [0, 0.1) is 11.8 Å². The average molecular weight is 273 g/mol. The summed E-state index contributed by atoms with van der Waals surface area (Å²) in [6.45, 7) is 6.56. The van der Waals surface area contributed by atoms with Crippen molar-refractivity contribution in [3.05, 3.63) is 39.9 Å². The Labute approximate surface area is 117 Å². The second-order valence-corrected chi connectivity index (χ2v) is 6.71. The van der Waals surface area contributed by atoms with E-state index in [1.807, 2.05) is 29.6 Å². The lowest BCUT2D eigenvalue weighted by Gasteiger charge is -2.36. The lowest BCUT2D eigenvalue weighted by Crippen LogP contribution is -2.40. The molecule has 3 rings (SSSR count). The number of fused-ring (bicyclic) bond motifs is 1. The van der Waals surface area contributed by atoms with Crippen molar-refractivity contribution < 1.29 is 0 Å². The molecule has 0 saturated carbocycles. The van der Waals surface area contributed by atoms with Crippen molar-refractivity contribution in [1.29, 1.82) is 0 Å². The molecule has 2 unspecified atom stereocenters. The number of hydrogen-bond donors (Lipinski definition) is 0. The highest BCUT2D eigenvalue weighted by Crippen LogP contribution is 2.27. The third-order valence-corrected chi connectivity index (χ3v) is 4.82. The van der Waals surface area contributed by atoms with E-state index in [0.29, 0.717) is 11.8 Å². The van der Waals surface area contributed by atoms with Crippen LogP contribution in [0.15, 0.2) is 34.4 Å². The third kappa shape index (κ3) is 2.39. The normalized spacial score (nSPS) is 23.8. The number of hydrogen-bond acceptors (Lipinski definition) is 3. The largest absolute Gasteiger partial charge is 0.367 e. The van der Waals surface area contributed by atoms with Gasteiger partial charge in [0.2, 0.25) is 5.43 Å². The smallest absolute Gasteiger partial charge is 0.211 e. The predicted octanol–water partition coefficient (Wildman–Crippen LogP) is 3.74. The Hall–Kier alpha value is -1.35. The molecule has 1 aromatic carbocycles. The number of piperidine rings is 1. The SMILES string of the molecule is CC1CC(C)CN(c2csc3ccccc3c2=O)C1. The van der Waals surface area contributed by atoms with Crippen LogP contribution in [0.4, 0.5) is 5.69 Å². The van der Waals surface area contributed by atoms with Crippen LogP contribution in [0.25, 0.3) is 10.1 Å². The van der Waals surface area contributed by atoms with E-state index in [9.17, 15) is 4.79 Å². The monoisotopic (exact) mass is 273 g/mol. The summed E-state index contributed by atoms with van der Waals surface area (Å²) < 4.78 is 1.08. The zero-order valence-electron chi connectivity index (χ0n) is 11.4. The lowest BCUT2D eigenvalue weighted by atomic mass is 9.91. The van der Waals surface area contributed by atoms with Crippen molar-refractivity contribution in [2.45, 2.75) is 20.3 Å². The molecule has 2 heterocycles. The number of nitrogens with zero attached hydrogens (tertiary/aromatic N) is 1. The first-order valence-electron chi connectivity index (χ1n) is 6.90. The van der Waals surface area contributed by atoms with Gasteiger partial charge < -0.3 is 4.90 Å². The maximum atomic E-state index is 12.6. The molecular formula is C16H19NOS. The van der Waals surface area contributed by atoms with Gasteiger partial charge in [-0.1, -0.05) is 26.0 Å². The first-order valence-corrected chi connectivity index (χ1v) is 7.78. The molecule has 1 aliphatic rings. The fourth-order valence-corrected chi connectivity index (χ4v) is 4.09. The maximum absolute atomic E-state index is 12.6. The summed E-state index contributed by atoms with van der Waals surface area (Å²) in [7, 11) is 0. The molecule has 2 nitrogen and oxygen atoms in total. The van der Waals surface area contributed by atoms with Crippen LogP contribution in [0.2, 0.25) is 0 Å². The molecule has 2 aromatic rings. The summed E-state index contributed by atoms with van der Waals surface area (Å²) in [4.78, 5) is 14.9. The van der Waals surface area contributed by atoms with Crippen LogP contribution < -0.4 is 10.3 Å². The number of anilines is 1. The topological polar surface area (TPSA) is 20.3 Å². The minimum absolute atomic E-state index is 0.190. The van der Waals surface area contributed by atoms with E-state index in [1.54, 1.807) is 11.3 Å². The molecule has 1 fully saturated rings. The molecule has 3 heteroatoms. The van der Waals surface area contributed by atoms with Gasteiger partial charge in [0, 0.05) is 28.6 Å². The highest BCUT2D eigenvalue weighted by Gasteiger charge is 2.23. The van der Waals surface area contributed by atoms with E-state index in [-0.39, 0.29) is 5.43 Å². The van der Waals surface area contributed by atoms with Gasteiger partial charge in [0.05, 0.1) is 5.69 Å². The van der Waals surface area contributed by atoms with E-state index >= 15 is 0 Å². The van der Waals surface area contributed by atoms with Crippen LogP contribution in [-0.4, -0.2) is 13.1 Å². The third-order valence-electron chi connectivity index (χ3n) is 3.87. The van der Waals surface area contributed by atoms with Gasteiger partial charge >= 0.3 is 0 Å². The fraction of sp³-hybridized carbons (Fsp3) is 0.438. The molecule has 100 valence electrons. The van der Waals surface area contributed by atoms with Crippen LogP contribution in [-0.2, 0) is 0 Å². The Morgan fingerprint density at radius 3 is 2.58 bits per heavy atom. The quantitative estimate of drug-likeness (QED) is 0.789. The molecule has 0 amide bonds. The molecule has 1 aromatic heterocycles. The molecule has 0 bridgehead atoms. The highest BCUT2D eigenvalue weighted by atomic mass is 32.1. The summed E-state index contributed by atoms with van der Waals surface area (Å²) in [5, 5.41) is 2.89. The van der Waals surface area contributed by atoms with Crippen molar-refractivity contribution in [3.8, 4) is 0 Å². The Balaban J connectivity index is 2.05. The van der Waals surface area contributed by atoms with Gasteiger partial charge in [-0.05, 0) is 30.4 Å². The molecular weight excluding hydrogens is 254 g/mol. The Morgan fingerprint density at radius 1 is 1.16 bits per heavy atom. The van der Waals surface area contributed by atoms with Crippen LogP contribution in [0.3, 0.4) is 0 Å². The van der Waals surface area contributed by atoms with Crippen LogP contribution >= 0.6 is 11.3 Å². The zero-order valence-corrected chi connectivity index (χ0v) is 12.2. The van der Waals surface area contributed by atoms with Crippen molar-refractivity contribution >= 4 is 27.1 Å². The summed E-state index contributed by atoms with van der Waals surface area (Å²) >= 11 is 1.67. The summed E-state index contributed by atoms with van der Waals surface area (Å²) in [5.41, 5.74) is 1.08. The summed E-state index contributed by atoms with van der Waals surface area (Å²) in [6.07, 6.45) is 1.27. The first-order chi connectivity index (χ1) is 9.15. The minimum Gasteiger partial charge on any atom is -0.367 e. The second-order valence-electron chi connectivity index (χ2n) is 5.80. The Morgan fingerprint density at radius 2 is 1.84 bits per heavy atom. The molecule has 0 aliphatic carbocycles. The van der Waals surface area contributed by atoms with Gasteiger partial charge in [0.15, 0.2) is 0 Å². The molecule has 1 saturated heterocycles. The lowest BCUT2D eigenvalue weighted by molar-refractivity contribution is 0.356. The Bertz CT molecular complexity index is 638. The molecule has 0 radical (unpaired) electrons. The van der Waals surface area contributed by atoms with Gasteiger partial charge in [-0.15, -0.1) is 11.3 Å². The molecule has 19 heavy (non-hydrogen) atoms. The summed E-state index contributed by atoms with van der Waals surface area (Å²) in [6, 6.07) is 7.89. The van der Waals surface area contributed by atoms with Crippen molar-refractivity contribution in [1.82, 2.24) is 0 Å². The fourth-order valence-electron chi connectivity index (χ4n) is 3.15. The van der Waals surface area contributed by atoms with E-state index < -0.39 is 0 Å². The second kappa shape index (κ2) is 4.97. The predicted molar refractivity (Wildman–Crippen MR) is 83.3 cm³/mol. The molecule has 0 N–H and O–H groups in total. The van der Waals surface area contributed by atoms with Gasteiger partial charge in [-0.3, -0.25) is 4.79 Å². The van der Waals surface area contributed by atoms with Gasteiger partial charge in [0.25, 0.3) is 0 Å². The minimum atomic E-state index is 0.190. The van der Waals surface area contributed by atoms with E-state index in [2.05, 4.69) is 18.7 Å². The average Bonchev–Trinajstić information content (AvgIpc) is 2.38. The Kier molecular flexibility index (Phi) is 3.31. The maximum Gasteiger partial charge on any atom is 0.211 e. The van der Waals surface area contributed by atoms with E-state index in [4.69, 9.17) is 0 Å². The van der Waals surface area contributed by atoms with E-state index in [0.717, 1.165) is 28.9 Å². The molecule has 2 atom stereocenters. The molecule has 0 spiro atoms. The number of rotatable bonds is 1. The first kappa shape index (κ1) is 12.7. The standard InChI is InChI=1S/C16H19NOS/c1-11-7-12(2)9-17(8-11)14-10-19-15-6-4-3-5-13(15)16(14)18/h3-6,10-12H,7-9H2,1-2H3. The van der Waals surface area contributed by atoms with Crippen LogP contribution in [0.5, 0.6) is 0 Å². The zero-order chi connectivity index (χ0) is 13.4. The van der Waals surface area contributed by atoms with Crippen molar-refractivity contribution in [2.75, 3.05) is 18.0 Å². The van der Waals surface area contributed by atoms with Crippen LogP contribution in [0.1, 0.15) is 20.3 Å². The van der Waals surface area contributed by atoms with Crippen molar-refractivity contribution in [3.63, 3.8) is 0 Å². The summed E-state index contributed by atoms with van der Waals surface area (Å²) in [5.74, 6) is 1.33. The number of benzene rings is 1. The highest BCUT2D eigenvalue weighted by molar-refractivity contribution is 7.16. The van der Waals surface area contributed by atoms with Crippen molar-refractivity contribution in [2.24, 2.45) is 11.8 Å². The van der Waals surface area contributed by atoms with Gasteiger partial charge in [-0.2, -0.15) is 0 Å². The van der Waals surface area contributed by atoms with Gasteiger partial charge in [0.1, 0.15) is 0 Å². The van der Waals surface area contributed by atoms with E-state index in [1.165, 1.54) is 6.42 Å². The molecule has 1 aliphatic heterocycles. The van der Waals surface area contributed by atoms with Gasteiger partial charge in [-0.25, -0.2) is 0 Å².